The number of rotatable bonds is 7. The highest BCUT2D eigenvalue weighted by Gasteiger charge is 2.05. The molecule has 0 fully saturated rings. The van der Waals surface area contributed by atoms with Gasteiger partial charge in [0.15, 0.2) is 0 Å². The maximum absolute atomic E-state index is 12.0. The third-order valence-electron chi connectivity index (χ3n) is 3.03. The third-order valence-corrected chi connectivity index (χ3v) is 3.03. The molecule has 3 N–H and O–H groups in total. The molecule has 0 atom stereocenters. The van der Waals surface area contributed by atoms with Crippen LogP contribution in [0.3, 0.4) is 0 Å². The number of carbonyl (C=O) groups is 1. The molecule has 2 rings (SSSR count). The van der Waals surface area contributed by atoms with Crippen LogP contribution in [0.2, 0.25) is 0 Å². The number of amides is 1. The van der Waals surface area contributed by atoms with Crippen molar-refractivity contribution in [3.05, 3.63) is 53.9 Å². The van der Waals surface area contributed by atoms with Gasteiger partial charge in [-0.1, -0.05) is 12.1 Å². The molecule has 0 aliphatic heterocycles. The molecule has 2 aromatic rings. The minimum Gasteiger partial charge on any atom is -0.352 e. The lowest BCUT2D eigenvalue weighted by molar-refractivity contribution is 0.0952. The van der Waals surface area contributed by atoms with Gasteiger partial charge in [0.1, 0.15) is 0 Å². The van der Waals surface area contributed by atoms with Gasteiger partial charge in [0.2, 0.25) is 0 Å². The second kappa shape index (κ2) is 7.45. The van der Waals surface area contributed by atoms with Crippen LogP contribution in [0, 0.1) is 0 Å². The minimum absolute atomic E-state index is 0.0377. The molecule has 0 aliphatic rings. The molecule has 0 spiro atoms. The van der Waals surface area contributed by atoms with E-state index in [1.54, 1.807) is 6.20 Å². The highest BCUT2D eigenvalue weighted by molar-refractivity contribution is 5.94. The van der Waals surface area contributed by atoms with E-state index in [0.717, 1.165) is 24.9 Å². The summed E-state index contributed by atoms with van der Waals surface area (Å²) < 4.78 is 1.86. The molecule has 1 amide bonds. The Kier molecular flexibility index (Phi) is 5.32. The number of hydrogen-bond donors (Lipinski definition) is 2. The van der Waals surface area contributed by atoms with E-state index in [0.29, 0.717) is 18.7 Å². The van der Waals surface area contributed by atoms with E-state index in [-0.39, 0.29) is 5.91 Å². The lowest BCUT2D eigenvalue weighted by Gasteiger charge is -2.07. The molecule has 5 heteroatoms. The van der Waals surface area contributed by atoms with E-state index in [1.165, 1.54) is 0 Å². The Morgan fingerprint density at radius 3 is 3.00 bits per heavy atom. The standard InChI is InChI=1S/C15H20N4O/c16-7-6-13-4-1-5-14(12-13)15(20)17-8-2-10-19-11-3-9-18-19/h1,3-5,9,11-12H,2,6-8,10,16H2,(H,17,20). The molecule has 0 unspecified atom stereocenters. The first kappa shape index (κ1) is 14.3. The zero-order valence-corrected chi connectivity index (χ0v) is 11.5. The Bertz CT molecular complexity index is 537. The Balaban J connectivity index is 1.78. The number of aromatic nitrogens is 2. The average Bonchev–Trinajstić information content (AvgIpc) is 2.97. The molecular weight excluding hydrogens is 252 g/mol. The number of carbonyl (C=O) groups excluding carboxylic acids is 1. The van der Waals surface area contributed by atoms with E-state index in [9.17, 15) is 4.79 Å². The summed E-state index contributed by atoms with van der Waals surface area (Å²) in [7, 11) is 0. The summed E-state index contributed by atoms with van der Waals surface area (Å²) in [6, 6.07) is 9.49. The van der Waals surface area contributed by atoms with Crippen LogP contribution in [-0.4, -0.2) is 28.8 Å². The monoisotopic (exact) mass is 272 g/mol. The fraction of sp³-hybridized carbons (Fsp3) is 0.333. The molecule has 0 saturated carbocycles. The highest BCUT2D eigenvalue weighted by Crippen LogP contribution is 2.05. The lowest BCUT2D eigenvalue weighted by atomic mass is 10.1. The summed E-state index contributed by atoms with van der Waals surface area (Å²) in [4.78, 5) is 12.0. The van der Waals surface area contributed by atoms with Crippen molar-refractivity contribution in [2.75, 3.05) is 13.1 Å². The number of aryl methyl sites for hydroxylation is 1. The van der Waals surface area contributed by atoms with Gasteiger partial charge in [-0.3, -0.25) is 9.48 Å². The maximum Gasteiger partial charge on any atom is 0.251 e. The van der Waals surface area contributed by atoms with Crippen molar-refractivity contribution >= 4 is 5.91 Å². The molecule has 0 saturated heterocycles. The van der Waals surface area contributed by atoms with E-state index >= 15 is 0 Å². The zero-order valence-electron chi connectivity index (χ0n) is 11.5. The van der Waals surface area contributed by atoms with E-state index < -0.39 is 0 Å². The Labute approximate surface area is 118 Å². The largest absolute Gasteiger partial charge is 0.352 e. The number of nitrogens with two attached hydrogens (primary N) is 1. The third kappa shape index (κ3) is 4.20. The van der Waals surface area contributed by atoms with Crippen molar-refractivity contribution in [2.24, 2.45) is 5.73 Å². The topological polar surface area (TPSA) is 72.9 Å². The molecule has 0 bridgehead atoms. The van der Waals surface area contributed by atoms with Crippen LogP contribution in [-0.2, 0) is 13.0 Å². The van der Waals surface area contributed by atoms with E-state index in [2.05, 4.69) is 10.4 Å². The van der Waals surface area contributed by atoms with Crippen LogP contribution in [0.4, 0.5) is 0 Å². The normalized spacial score (nSPS) is 10.4. The van der Waals surface area contributed by atoms with Gasteiger partial charge in [0.05, 0.1) is 0 Å². The highest BCUT2D eigenvalue weighted by atomic mass is 16.1. The second-order valence-electron chi connectivity index (χ2n) is 4.62. The Morgan fingerprint density at radius 2 is 2.25 bits per heavy atom. The molecule has 1 aromatic carbocycles. The molecular formula is C15H20N4O. The van der Waals surface area contributed by atoms with Crippen LogP contribution < -0.4 is 11.1 Å². The number of benzene rings is 1. The first-order valence-electron chi connectivity index (χ1n) is 6.84. The summed E-state index contributed by atoms with van der Waals surface area (Å²) in [5, 5.41) is 7.03. The van der Waals surface area contributed by atoms with Gasteiger partial charge < -0.3 is 11.1 Å². The zero-order chi connectivity index (χ0) is 14.2. The fourth-order valence-electron chi connectivity index (χ4n) is 2.01. The minimum atomic E-state index is -0.0377. The van der Waals surface area contributed by atoms with Crippen molar-refractivity contribution in [3.8, 4) is 0 Å². The van der Waals surface area contributed by atoms with Crippen molar-refractivity contribution in [3.63, 3.8) is 0 Å². The first-order chi connectivity index (χ1) is 9.79. The van der Waals surface area contributed by atoms with Crippen LogP contribution in [0.5, 0.6) is 0 Å². The second-order valence-corrected chi connectivity index (χ2v) is 4.62. The average molecular weight is 272 g/mol. The van der Waals surface area contributed by atoms with Crippen LogP contribution in [0.15, 0.2) is 42.7 Å². The Morgan fingerprint density at radius 1 is 1.35 bits per heavy atom. The first-order valence-corrected chi connectivity index (χ1v) is 6.84. The van der Waals surface area contributed by atoms with Gasteiger partial charge in [-0.25, -0.2) is 0 Å². The van der Waals surface area contributed by atoms with Crippen LogP contribution in [0.1, 0.15) is 22.3 Å². The Hall–Kier alpha value is -2.14. The quantitative estimate of drug-likeness (QED) is 0.744. The van der Waals surface area contributed by atoms with Crippen molar-refractivity contribution < 1.29 is 4.79 Å². The number of nitrogens with zero attached hydrogens (tertiary/aromatic N) is 2. The van der Waals surface area contributed by atoms with Crippen molar-refractivity contribution in [1.29, 1.82) is 0 Å². The van der Waals surface area contributed by atoms with Crippen LogP contribution >= 0.6 is 0 Å². The predicted molar refractivity (Wildman–Crippen MR) is 78.4 cm³/mol. The molecule has 106 valence electrons. The van der Waals surface area contributed by atoms with Gasteiger partial charge in [-0.15, -0.1) is 0 Å². The summed E-state index contributed by atoms with van der Waals surface area (Å²) in [6.07, 6.45) is 5.32. The molecule has 1 aromatic heterocycles. The molecule has 20 heavy (non-hydrogen) atoms. The van der Waals surface area contributed by atoms with Gasteiger partial charge in [-0.2, -0.15) is 5.10 Å². The molecule has 0 radical (unpaired) electrons. The SMILES string of the molecule is NCCc1cccc(C(=O)NCCCn2cccn2)c1. The van der Waals surface area contributed by atoms with E-state index in [1.807, 2.05) is 41.2 Å². The molecule has 1 heterocycles. The number of nitrogens with one attached hydrogen (secondary N) is 1. The number of hydrogen-bond acceptors (Lipinski definition) is 3. The summed E-state index contributed by atoms with van der Waals surface area (Å²) in [5.41, 5.74) is 7.31. The van der Waals surface area contributed by atoms with E-state index in [4.69, 9.17) is 5.73 Å². The van der Waals surface area contributed by atoms with Gasteiger partial charge in [0.25, 0.3) is 5.91 Å². The maximum atomic E-state index is 12.0. The van der Waals surface area contributed by atoms with Crippen LogP contribution in [0.25, 0.3) is 0 Å². The predicted octanol–water partition coefficient (Wildman–Crippen LogP) is 1.20. The molecule has 0 aliphatic carbocycles. The van der Waals surface area contributed by atoms with Crippen molar-refractivity contribution in [2.45, 2.75) is 19.4 Å². The fourth-order valence-corrected chi connectivity index (χ4v) is 2.01. The van der Waals surface area contributed by atoms with Gasteiger partial charge >= 0.3 is 0 Å². The van der Waals surface area contributed by atoms with Gasteiger partial charge in [-0.05, 0) is 43.1 Å². The van der Waals surface area contributed by atoms with Gasteiger partial charge in [0, 0.05) is 31.0 Å². The summed E-state index contributed by atoms with van der Waals surface area (Å²) in [6.45, 7) is 2.04. The van der Waals surface area contributed by atoms with Crippen molar-refractivity contribution in [1.82, 2.24) is 15.1 Å². The molecule has 5 nitrogen and oxygen atoms in total. The summed E-state index contributed by atoms with van der Waals surface area (Å²) in [5.74, 6) is -0.0377. The lowest BCUT2D eigenvalue weighted by Crippen LogP contribution is -2.25. The summed E-state index contributed by atoms with van der Waals surface area (Å²) >= 11 is 0. The smallest absolute Gasteiger partial charge is 0.251 e.